The number of anilines is 1. The molecule has 0 spiro atoms. The number of likely N-dealkylation sites (tertiary alicyclic amines) is 1. The molecule has 1 unspecified atom stereocenters. The predicted molar refractivity (Wildman–Crippen MR) is 59.1 cm³/mol. The molecule has 3 N–H and O–H groups in total. The van der Waals surface area contributed by atoms with Crippen LogP contribution in [0, 0.1) is 0 Å². The first-order chi connectivity index (χ1) is 8.24. The van der Waals surface area contributed by atoms with Crippen molar-refractivity contribution < 1.29 is 14.5 Å². The van der Waals surface area contributed by atoms with Crippen LogP contribution < -0.4 is 5.73 Å². The zero-order valence-electron chi connectivity index (χ0n) is 9.50. The fourth-order valence-corrected chi connectivity index (χ4v) is 2.20. The Kier molecular flexibility index (Phi) is 3.58. The third-order valence-corrected chi connectivity index (χ3v) is 3.07. The van der Waals surface area contributed by atoms with Gasteiger partial charge in [-0.1, -0.05) is 0 Å². The fraction of sp³-hybridized carbons (Fsp3) is 0.700. The van der Waals surface area contributed by atoms with Gasteiger partial charge in [0.25, 0.3) is 5.91 Å². The topological polar surface area (TPSA) is 105 Å². The first kappa shape index (κ1) is 11.8. The molecule has 1 aliphatic rings. The van der Waals surface area contributed by atoms with E-state index in [4.69, 9.17) is 10.8 Å². The van der Waals surface area contributed by atoms with Gasteiger partial charge in [-0.05, 0) is 36.0 Å². The summed E-state index contributed by atoms with van der Waals surface area (Å²) >= 11 is 0. The molecule has 1 saturated heterocycles. The molecule has 0 radical (unpaired) electrons. The van der Waals surface area contributed by atoms with E-state index in [-0.39, 0.29) is 30.1 Å². The average molecular weight is 240 g/mol. The summed E-state index contributed by atoms with van der Waals surface area (Å²) in [7, 11) is 0. The predicted octanol–water partition coefficient (Wildman–Crippen LogP) is 0.0289. The smallest absolute Gasteiger partial charge is 0.280 e. The number of rotatable bonds is 3. The van der Waals surface area contributed by atoms with Crippen LogP contribution in [0.4, 0.5) is 5.82 Å². The van der Waals surface area contributed by atoms with Gasteiger partial charge in [0, 0.05) is 19.2 Å². The van der Waals surface area contributed by atoms with Crippen molar-refractivity contribution in [1.82, 2.24) is 15.2 Å². The van der Waals surface area contributed by atoms with Crippen LogP contribution in [-0.2, 0) is 0 Å². The molecule has 17 heavy (non-hydrogen) atoms. The van der Waals surface area contributed by atoms with E-state index in [0.29, 0.717) is 13.0 Å². The van der Waals surface area contributed by atoms with Crippen molar-refractivity contribution in [2.24, 2.45) is 0 Å². The maximum Gasteiger partial charge on any atom is 0.280 e. The standard InChI is InChI=1S/C10H16N4O3/c11-9-8(12-17-13-9)10(16)14-5-2-1-3-7(14)4-6-15/h7,15H,1-6H2,(H2,11,13). The van der Waals surface area contributed by atoms with Crippen LogP contribution in [0.5, 0.6) is 0 Å². The summed E-state index contributed by atoms with van der Waals surface area (Å²) in [4.78, 5) is 13.9. The molecule has 0 aromatic carbocycles. The molecule has 7 nitrogen and oxygen atoms in total. The molecule has 2 rings (SSSR count). The van der Waals surface area contributed by atoms with Gasteiger partial charge in [0.15, 0.2) is 0 Å². The Morgan fingerprint density at radius 3 is 3.00 bits per heavy atom. The van der Waals surface area contributed by atoms with E-state index >= 15 is 0 Å². The number of nitrogens with zero attached hydrogens (tertiary/aromatic N) is 3. The van der Waals surface area contributed by atoms with E-state index < -0.39 is 0 Å². The maximum atomic E-state index is 12.2. The van der Waals surface area contributed by atoms with Gasteiger partial charge >= 0.3 is 0 Å². The summed E-state index contributed by atoms with van der Waals surface area (Å²) in [5.41, 5.74) is 5.57. The normalized spacial score (nSPS) is 20.5. The van der Waals surface area contributed by atoms with Crippen LogP contribution in [0.15, 0.2) is 4.63 Å². The lowest BCUT2D eigenvalue weighted by Gasteiger charge is -2.34. The van der Waals surface area contributed by atoms with Crippen molar-refractivity contribution in [3.8, 4) is 0 Å². The van der Waals surface area contributed by atoms with E-state index in [1.165, 1.54) is 0 Å². The quantitative estimate of drug-likeness (QED) is 0.772. The molecular formula is C10H16N4O3. The first-order valence-electron chi connectivity index (χ1n) is 5.74. The second kappa shape index (κ2) is 5.13. The van der Waals surface area contributed by atoms with E-state index in [1.807, 2.05) is 0 Å². The molecule has 1 atom stereocenters. The Balaban J connectivity index is 2.14. The third-order valence-electron chi connectivity index (χ3n) is 3.07. The number of aliphatic hydroxyl groups excluding tert-OH is 1. The Morgan fingerprint density at radius 2 is 2.35 bits per heavy atom. The largest absolute Gasteiger partial charge is 0.396 e. The number of amides is 1. The van der Waals surface area contributed by atoms with Gasteiger partial charge in [-0.25, -0.2) is 4.63 Å². The van der Waals surface area contributed by atoms with Crippen LogP contribution in [0.2, 0.25) is 0 Å². The van der Waals surface area contributed by atoms with Crippen molar-refractivity contribution in [2.75, 3.05) is 18.9 Å². The summed E-state index contributed by atoms with van der Waals surface area (Å²) in [5.74, 6) is -0.245. The Morgan fingerprint density at radius 1 is 1.53 bits per heavy atom. The highest BCUT2D eigenvalue weighted by Crippen LogP contribution is 2.22. The van der Waals surface area contributed by atoms with Gasteiger partial charge in [-0.2, -0.15) is 0 Å². The van der Waals surface area contributed by atoms with Crippen LogP contribution in [0.1, 0.15) is 36.2 Å². The minimum atomic E-state index is -0.262. The molecule has 1 aromatic rings. The van der Waals surface area contributed by atoms with Gasteiger partial charge < -0.3 is 15.7 Å². The van der Waals surface area contributed by atoms with E-state index in [2.05, 4.69) is 14.9 Å². The maximum absolute atomic E-state index is 12.2. The Labute approximate surface area is 98.5 Å². The molecule has 0 bridgehead atoms. The number of nitrogen functional groups attached to an aromatic ring is 1. The zero-order chi connectivity index (χ0) is 12.3. The number of hydrogen-bond donors (Lipinski definition) is 2. The molecular weight excluding hydrogens is 224 g/mol. The Hall–Kier alpha value is -1.63. The first-order valence-corrected chi connectivity index (χ1v) is 5.74. The molecule has 0 aliphatic carbocycles. The van der Waals surface area contributed by atoms with Crippen molar-refractivity contribution in [3.05, 3.63) is 5.69 Å². The van der Waals surface area contributed by atoms with Crippen molar-refractivity contribution in [2.45, 2.75) is 31.7 Å². The summed E-state index contributed by atoms with van der Waals surface area (Å²) < 4.78 is 4.43. The SMILES string of the molecule is Nc1nonc1C(=O)N1CCCCC1CCO. The lowest BCUT2D eigenvalue weighted by molar-refractivity contribution is 0.0564. The number of hydrogen-bond acceptors (Lipinski definition) is 6. The fourth-order valence-electron chi connectivity index (χ4n) is 2.20. The third kappa shape index (κ3) is 2.38. The highest BCUT2D eigenvalue weighted by Gasteiger charge is 2.30. The number of carbonyl (C=O) groups is 1. The van der Waals surface area contributed by atoms with E-state index in [0.717, 1.165) is 19.3 Å². The Bertz CT molecular complexity index is 391. The molecule has 1 fully saturated rings. The number of aromatic nitrogens is 2. The van der Waals surface area contributed by atoms with E-state index in [1.54, 1.807) is 4.90 Å². The van der Waals surface area contributed by atoms with Crippen LogP contribution in [0.25, 0.3) is 0 Å². The zero-order valence-corrected chi connectivity index (χ0v) is 9.50. The number of aliphatic hydroxyl groups is 1. The van der Waals surface area contributed by atoms with Gasteiger partial charge in [0.2, 0.25) is 11.5 Å². The average Bonchev–Trinajstić information content (AvgIpc) is 2.76. The monoisotopic (exact) mass is 240 g/mol. The highest BCUT2D eigenvalue weighted by molar-refractivity contribution is 5.96. The second-order valence-corrected chi connectivity index (χ2v) is 4.16. The summed E-state index contributed by atoms with van der Waals surface area (Å²) in [6.07, 6.45) is 3.51. The highest BCUT2D eigenvalue weighted by atomic mass is 16.6. The molecule has 0 saturated carbocycles. The van der Waals surface area contributed by atoms with Gasteiger partial charge in [-0.15, -0.1) is 0 Å². The number of nitrogens with two attached hydrogens (primary N) is 1. The van der Waals surface area contributed by atoms with Gasteiger partial charge in [0.05, 0.1) is 0 Å². The van der Waals surface area contributed by atoms with Crippen LogP contribution in [0.3, 0.4) is 0 Å². The van der Waals surface area contributed by atoms with Gasteiger partial charge in [-0.3, -0.25) is 4.79 Å². The summed E-state index contributed by atoms with van der Waals surface area (Å²) in [6, 6.07) is 0.0531. The minimum absolute atomic E-state index is 0.0170. The van der Waals surface area contributed by atoms with Gasteiger partial charge in [0.1, 0.15) is 0 Å². The summed E-state index contributed by atoms with van der Waals surface area (Å²) in [5, 5.41) is 15.9. The number of carbonyl (C=O) groups excluding carboxylic acids is 1. The second-order valence-electron chi connectivity index (χ2n) is 4.16. The van der Waals surface area contributed by atoms with Crippen molar-refractivity contribution in [3.63, 3.8) is 0 Å². The summed E-state index contributed by atoms with van der Waals surface area (Å²) in [6.45, 7) is 0.733. The van der Waals surface area contributed by atoms with Crippen LogP contribution >= 0.6 is 0 Å². The number of piperidine rings is 1. The molecule has 2 heterocycles. The molecule has 1 amide bonds. The molecule has 94 valence electrons. The minimum Gasteiger partial charge on any atom is -0.396 e. The van der Waals surface area contributed by atoms with Crippen molar-refractivity contribution >= 4 is 11.7 Å². The molecule has 1 aliphatic heterocycles. The molecule has 1 aromatic heterocycles. The van der Waals surface area contributed by atoms with Crippen molar-refractivity contribution in [1.29, 1.82) is 0 Å². The lowest BCUT2D eigenvalue weighted by atomic mass is 9.99. The lowest BCUT2D eigenvalue weighted by Crippen LogP contribution is -2.44. The molecule has 7 heteroatoms. The van der Waals surface area contributed by atoms with Crippen LogP contribution in [-0.4, -0.2) is 45.4 Å². The van der Waals surface area contributed by atoms with E-state index in [9.17, 15) is 4.79 Å².